The number of benzene rings is 2. The highest BCUT2D eigenvalue weighted by Gasteiger charge is 2.21. The quantitative estimate of drug-likeness (QED) is 0.424. The summed E-state index contributed by atoms with van der Waals surface area (Å²) in [5.74, 6) is -0.486. The molecular formula is C24H24N2O7S. The highest BCUT2D eigenvalue weighted by molar-refractivity contribution is 7.12. The van der Waals surface area contributed by atoms with Crippen molar-refractivity contribution in [3.63, 3.8) is 0 Å². The zero-order chi connectivity index (χ0) is 24.5. The lowest BCUT2D eigenvalue weighted by molar-refractivity contribution is -0.124. The average Bonchev–Trinajstić information content (AvgIpc) is 3.41. The zero-order valence-electron chi connectivity index (χ0n) is 18.9. The van der Waals surface area contributed by atoms with Gasteiger partial charge in [-0.05, 0) is 17.5 Å². The first-order valence-electron chi connectivity index (χ1n) is 10.1. The molecule has 0 saturated heterocycles. The number of thiophene rings is 1. The molecule has 9 nitrogen and oxygen atoms in total. The molecular weight excluding hydrogens is 460 g/mol. The molecule has 2 N–H and O–H groups in total. The molecule has 1 heterocycles. The highest BCUT2D eigenvalue weighted by atomic mass is 32.1. The van der Waals surface area contributed by atoms with Gasteiger partial charge in [0.25, 0.3) is 11.8 Å². The van der Waals surface area contributed by atoms with Gasteiger partial charge in [-0.15, -0.1) is 11.3 Å². The van der Waals surface area contributed by atoms with Gasteiger partial charge in [0, 0.05) is 24.2 Å². The van der Waals surface area contributed by atoms with Crippen LogP contribution in [0, 0.1) is 0 Å². The summed E-state index contributed by atoms with van der Waals surface area (Å²) < 4.78 is 21.0. The standard InChI is InChI=1S/C24H24N2O7S/c1-30-18-8-5-4-7-15(18)13-25-22(27)14-33-24(29)16-11-19(31-2)20(32-3)12-17(16)26-23(28)21-9-6-10-34-21/h4-12H,13-14H2,1-3H3,(H,25,27)(H,26,28). The summed E-state index contributed by atoms with van der Waals surface area (Å²) in [6.45, 7) is -0.306. The van der Waals surface area contributed by atoms with Crippen LogP contribution in [0.3, 0.4) is 0 Å². The molecule has 3 aromatic rings. The lowest BCUT2D eigenvalue weighted by Gasteiger charge is -2.15. The van der Waals surface area contributed by atoms with Crippen LogP contribution in [0.2, 0.25) is 0 Å². The molecule has 1 aromatic heterocycles. The molecule has 3 rings (SSSR count). The number of rotatable bonds is 10. The number of carbonyl (C=O) groups excluding carboxylic acids is 3. The number of anilines is 1. The Morgan fingerprint density at radius 3 is 2.26 bits per heavy atom. The maximum absolute atomic E-state index is 12.8. The Hall–Kier alpha value is -4.05. The maximum atomic E-state index is 12.8. The number of carbonyl (C=O) groups is 3. The van der Waals surface area contributed by atoms with Gasteiger partial charge in [-0.3, -0.25) is 9.59 Å². The van der Waals surface area contributed by atoms with Crippen molar-refractivity contribution < 1.29 is 33.3 Å². The van der Waals surface area contributed by atoms with E-state index < -0.39 is 24.4 Å². The Kier molecular flexibility index (Phi) is 8.47. The summed E-state index contributed by atoms with van der Waals surface area (Å²) in [6.07, 6.45) is 0. The van der Waals surface area contributed by atoms with Crippen molar-refractivity contribution in [3.8, 4) is 17.2 Å². The van der Waals surface area contributed by atoms with E-state index in [0.717, 1.165) is 5.56 Å². The molecule has 0 unspecified atom stereocenters. The van der Waals surface area contributed by atoms with Crippen molar-refractivity contribution >= 4 is 34.8 Å². The first kappa shape index (κ1) is 24.6. The maximum Gasteiger partial charge on any atom is 0.340 e. The normalized spacial score (nSPS) is 10.2. The van der Waals surface area contributed by atoms with E-state index in [9.17, 15) is 14.4 Å². The molecule has 2 amide bonds. The third-order valence-electron chi connectivity index (χ3n) is 4.74. The summed E-state index contributed by atoms with van der Waals surface area (Å²) >= 11 is 1.26. The van der Waals surface area contributed by atoms with E-state index in [4.69, 9.17) is 18.9 Å². The Bertz CT molecular complexity index is 1160. The molecule has 0 bridgehead atoms. The van der Waals surface area contributed by atoms with Crippen molar-refractivity contribution in [1.29, 1.82) is 0 Å². The minimum atomic E-state index is -0.810. The van der Waals surface area contributed by atoms with Crippen LogP contribution in [0.1, 0.15) is 25.6 Å². The molecule has 0 aliphatic carbocycles. The van der Waals surface area contributed by atoms with Crippen LogP contribution in [-0.4, -0.2) is 45.7 Å². The van der Waals surface area contributed by atoms with E-state index in [1.807, 2.05) is 18.2 Å². The molecule has 0 atom stereocenters. The zero-order valence-corrected chi connectivity index (χ0v) is 19.7. The number of hydrogen-bond donors (Lipinski definition) is 2. The summed E-state index contributed by atoms with van der Waals surface area (Å²) in [4.78, 5) is 38.1. The van der Waals surface area contributed by atoms with Crippen LogP contribution < -0.4 is 24.8 Å². The smallest absolute Gasteiger partial charge is 0.340 e. The van der Waals surface area contributed by atoms with Crippen molar-refractivity contribution in [2.45, 2.75) is 6.54 Å². The van der Waals surface area contributed by atoms with E-state index in [0.29, 0.717) is 16.4 Å². The van der Waals surface area contributed by atoms with Gasteiger partial charge in [0.15, 0.2) is 18.1 Å². The Morgan fingerprint density at radius 2 is 1.59 bits per heavy atom. The molecule has 2 aromatic carbocycles. The highest BCUT2D eigenvalue weighted by Crippen LogP contribution is 2.34. The van der Waals surface area contributed by atoms with Gasteiger partial charge in [0.1, 0.15) is 5.75 Å². The summed E-state index contributed by atoms with van der Waals surface area (Å²) in [7, 11) is 4.40. The van der Waals surface area contributed by atoms with E-state index in [1.165, 1.54) is 37.7 Å². The molecule has 0 aliphatic heterocycles. The first-order valence-corrected chi connectivity index (χ1v) is 11.0. The number of para-hydroxylation sites is 1. The first-order chi connectivity index (χ1) is 16.5. The molecule has 0 radical (unpaired) electrons. The SMILES string of the molecule is COc1ccccc1CNC(=O)COC(=O)c1cc(OC)c(OC)cc1NC(=O)c1cccs1. The van der Waals surface area contributed by atoms with Crippen LogP contribution in [0.15, 0.2) is 53.9 Å². The Morgan fingerprint density at radius 1 is 0.882 bits per heavy atom. The summed E-state index contributed by atoms with van der Waals surface area (Å²) in [6, 6.07) is 13.5. The van der Waals surface area contributed by atoms with Crippen molar-refractivity contribution in [2.24, 2.45) is 0 Å². The Labute approximate surface area is 200 Å². The van der Waals surface area contributed by atoms with Crippen molar-refractivity contribution in [3.05, 3.63) is 69.9 Å². The molecule has 34 heavy (non-hydrogen) atoms. The Balaban J connectivity index is 1.70. The van der Waals surface area contributed by atoms with Gasteiger partial charge in [0.05, 0.1) is 37.5 Å². The second kappa shape index (κ2) is 11.7. The van der Waals surface area contributed by atoms with Crippen molar-refractivity contribution in [2.75, 3.05) is 33.3 Å². The van der Waals surface area contributed by atoms with E-state index in [2.05, 4.69) is 10.6 Å². The topological polar surface area (TPSA) is 112 Å². The van der Waals surface area contributed by atoms with Gasteiger partial charge in [-0.1, -0.05) is 24.3 Å². The number of ether oxygens (including phenoxy) is 4. The third kappa shape index (κ3) is 6.04. The number of amides is 2. The van der Waals surface area contributed by atoms with Crippen LogP contribution in [0.4, 0.5) is 5.69 Å². The molecule has 0 saturated carbocycles. The largest absolute Gasteiger partial charge is 0.496 e. The predicted molar refractivity (Wildman–Crippen MR) is 127 cm³/mol. The molecule has 0 spiro atoms. The fourth-order valence-electron chi connectivity index (χ4n) is 3.05. The van der Waals surface area contributed by atoms with Crippen LogP contribution >= 0.6 is 11.3 Å². The number of esters is 1. The lowest BCUT2D eigenvalue weighted by atomic mass is 10.1. The monoisotopic (exact) mass is 484 g/mol. The van der Waals surface area contributed by atoms with Gasteiger partial charge in [-0.2, -0.15) is 0 Å². The van der Waals surface area contributed by atoms with Gasteiger partial charge in [-0.25, -0.2) is 4.79 Å². The van der Waals surface area contributed by atoms with E-state index >= 15 is 0 Å². The van der Waals surface area contributed by atoms with Crippen LogP contribution in [-0.2, 0) is 16.1 Å². The second-order valence-electron chi connectivity index (χ2n) is 6.85. The number of methoxy groups -OCH3 is 3. The fourth-order valence-corrected chi connectivity index (χ4v) is 3.66. The molecule has 0 aliphatic rings. The summed E-state index contributed by atoms with van der Waals surface area (Å²) in [5.41, 5.74) is 0.957. The fraction of sp³-hybridized carbons (Fsp3) is 0.208. The van der Waals surface area contributed by atoms with Crippen LogP contribution in [0.5, 0.6) is 17.2 Å². The van der Waals surface area contributed by atoms with Gasteiger partial charge < -0.3 is 29.6 Å². The number of nitrogens with one attached hydrogen (secondary N) is 2. The average molecular weight is 485 g/mol. The minimum absolute atomic E-state index is 0.0140. The third-order valence-corrected chi connectivity index (χ3v) is 5.61. The second-order valence-corrected chi connectivity index (χ2v) is 7.80. The molecule has 10 heteroatoms. The predicted octanol–water partition coefficient (Wildman–Crippen LogP) is 3.50. The molecule has 178 valence electrons. The number of hydrogen-bond acceptors (Lipinski definition) is 8. The van der Waals surface area contributed by atoms with Crippen LogP contribution in [0.25, 0.3) is 0 Å². The lowest BCUT2D eigenvalue weighted by Crippen LogP contribution is -2.28. The summed E-state index contributed by atoms with van der Waals surface area (Å²) in [5, 5.41) is 7.13. The van der Waals surface area contributed by atoms with E-state index in [-0.39, 0.29) is 23.5 Å². The van der Waals surface area contributed by atoms with Crippen molar-refractivity contribution in [1.82, 2.24) is 5.32 Å². The minimum Gasteiger partial charge on any atom is -0.496 e. The van der Waals surface area contributed by atoms with Gasteiger partial charge >= 0.3 is 5.97 Å². The van der Waals surface area contributed by atoms with E-state index in [1.54, 1.807) is 30.7 Å². The molecule has 0 fully saturated rings. The van der Waals surface area contributed by atoms with Gasteiger partial charge in [0.2, 0.25) is 0 Å².